The van der Waals surface area contributed by atoms with Gasteiger partial charge in [-0.15, -0.1) is 0 Å². The van der Waals surface area contributed by atoms with Gasteiger partial charge in [0, 0.05) is 23.9 Å². The van der Waals surface area contributed by atoms with E-state index in [1.807, 2.05) is 0 Å². The lowest BCUT2D eigenvalue weighted by Crippen LogP contribution is -2.15. The number of hydrogen-bond acceptors (Lipinski definition) is 8. The average Bonchev–Trinajstić information content (AvgIpc) is 3.07. The van der Waals surface area contributed by atoms with Crippen LogP contribution in [0.25, 0.3) is 5.52 Å². The number of nitro benzene ring substituents is 1. The third-order valence-corrected chi connectivity index (χ3v) is 4.04. The SMILES string of the molecule is COC(=O)c1c(C(=O)OC)c2cccnn2c1C(=O)c1ccc([N+](=O)[O-])cc1. The van der Waals surface area contributed by atoms with E-state index in [2.05, 4.69) is 5.10 Å². The minimum atomic E-state index is -0.920. The van der Waals surface area contributed by atoms with Crippen LogP contribution in [0.5, 0.6) is 0 Å². The van der Waals surface area contributed by atoms with E-state index < -0.39 is 22.6 Å². The summed E-state index contributed by atoms with van der Waals surface area (Å²) in [5.41, 5.74) is -0.615. The molecule has 0 aliphatic rings. The lowest BCUT2D eigenvalue weighted by atomic mass is 10.0. The summed E-state index contributed by atoms with van der Waals surface area (Å²) < 4.78 is 10.6. The molecule has 3 rings (SSSR count). The Morgan fingerprint density at radius 2 is 1.61 bits per heavy atom. The van der Waals surface area contributed by atoms with Crippen molar-refractivity contribution in [2.24, 2.45) is 0 Å². The normalized spacial score (nSPS) is 10.5. The van der Waals surface area contributed by atoms with Gasteiger partial charge in [0.05, 0.1) is 24.7 Å². The smallest absolute Gasteiger partial charge is 0.341 e. The fourth-order valence-corrected chi connectivity index (χ4v) is 2.78. The number of aromatic nitrogens is 2. The number of hydrogen-bond donors (Lipinski definition) is 0. The van der Waals surface area contributed by atoms with Gasteiger partial charge in [-0.25, -0.2) is 14.1 Å². The molecule has 0 unspecified atom stereocenters. The number of esters is 2. The van der Waals surface area contributed by atoms with Gasteiger partial charge in [-0.1, -0.05) is 0 Å². The molecule has 142 valence electrons. The number of non-ortho nitro benzene ring substituents is 1. The monoisotopic (exact) mass is 383 g/mol. The molecule has 0 saturated heterocycles. The highest BCUT2D eigenvalue weighted by Crippen LogP contribution is 2.27. The zero-order chi connectivity index (χ0) is 20.4. The van der Waals surface area contributed by atoms with E-state index in [1.54, 1.807) is 0 Å². The third-order valence-electron chi connectivity index (χ3n) is 4.04. The van der Waals surface area contributed by atoms with Gasteiger partial charge in [0.25, 0.3) is 5.69 Å². The standard InChI is InChI=1S/C18H13N3O7/c1-27-17(23)13-12-4-3-9-19-20(12)15(14(13)18(24)28-2)16(22)10-5-7-11(8-6-10)21(25)26/h3-9H,1-2H3. The summed E-state index contributed by atoms with van der Waals surface area (Å²) in [6.07, 6.45) is 1.38. The predicted octanol–water partition coefficient (Wildman–Crippen LogP) is 2.05. The molecule has 0 saturated carbocycles. The Morgan fingerprint density at radius 3 is 2.18 bits per heavy atom. The summed E-state index contributed by atoms with van der Waals surface area (Å²) in [5.74, 6) is -2.43. The molecule has 28 heavy (non-hydrogen) atoms. The molecular formula is C18H13N3O7. The van der Waals surface area contributed by atoms with E-state index in [1.165, 1.54) is 30.5 Å². The van der Waals surface area contributed by atoms with Crippen LogP contribution in [0.3, 0.4) is 0 Å². The fourth-order valence-electron chi connectivity index (χ4n) is 2.78. The molecule has 0 spiro atoms. The number of carbonyl (C=O) groups is 3. The summed E-state index contributed by atoms with van der Waals surface area (Å²) >= 11 is 0. The third kappa shape index (κ3) is 2.96. The molecule has 0 amide bonds. The van der Waals surface area contributed by atoms with Crippen LogP contribution >= 0.6 is 0 Å². The first kappa shape index (κ1) is 18.7. The van der Waals surface area contributed by atoms with E-state index >= 15 is 0 Å². The van der Waals surface area contributed by atoms with Crippen LogP contribution < -0.4 is 0 Å². The van der Waals surface area contributed by atoms with Crippen molar-refractivity contribution in [3.63, 3.8) is 0 Å². The van der Waals surface area contributed by atoms with Crippen molar-refractivity contribution in [2.75, 3.05) is 14.2 Å². The number of rotatable bonds is 5. The second-order valence-corrected chi connectivity index (χ2v) is 5.54. The first-order chi connectivity index (χ1) is 13.4. The second kappa shape index (κ2) is 7.27. The number of fused-ring (bicyclic) bond motifs is 1. The van der Waals surface area contributed by atoms with Crippen LogP contribution in [-0.2, 0) is 9.47 Å². The quantitative estimate of drug-likeness (QED) is 0.283. The van der Waals surface area contributed by atoms with Crippen molar-refractivity contribution in [3.8, 4) is 0 Å². The molecule has 1 aromatic carbocycles. The van der Waals surface area contributed by atoms with Gasteiger partial charge in [0.15, 0.2) is 0 Å². The van der Waals surface area contributed by atoms with E-state index in [0.717, 1.165) is 30.9 Å². The molecule has 2 heterocycles. The Labute approximate surface area is 157 Å². The number of carbonyl (C=O) groups excluding carboxylic acids is 3. The Kier molecular flexibility index (Phi) is 4.86. The highest BCUT2D eigenvalue weighted by molar-refractivity contribution is 6.19. The minimum absolute atomic E-state index is 0.0669. The summed E-state index contributed by atoms with van der Waals surface area (Å²) in [4.78, 5) is 48.0. The van der Waals surface area contributed by atoms with Crippen molar-refractivity contribution >= 4 is 28.9 Å². The van der Waals surface area contributed by atoms with Crippen molar-refractivity contribution < 1.29 is 28.8 Å². The van der Waals surface area contributed by atoms with Crippen LogP contribution in [0.2, 0.25) is 0 Å². The molecular weight excluding hydrogens is 370 g/mol. The zero-order valence-corrected chi connectivity index (χ0v) is 14.7. The number of nitrogens with zero attached hydrogens (tertiary/aromatic N) is 3. The van der Waals surface area contributed by atoms with Gasteiger partial charge >= 0.3 is 11.9 Å². The van der Waals surface area contributed by atoms with E-state index in [4.69, 9.17) is 9.47 Å². The van der Waals surface area contributed by atoms with Gasteiger partial charge in [0.2, 0.25) is 5.78 Å². The van der Waals surface area contributed by atoms with E-state index in [-0.39, 0.29) is 33.6 Å². The number of benzene rings is 1. The fraction of sp³-hybridized carbons (Fsp3) is 0.111. The molecule has 0 aliphatic carbocycles. The first-order valence-corrected chi connectivity index (χ1v) is 7.86. The summed E-state index contributed by atoms with van der Waals surface area (Å²) in [6.45, 7) is 0. The van der Waals surface area contributed by atoms with Crippen molar-refractivity contribution in [2.45, 2.75) is 0 Å². The maximum absolute atomic E-state index is 13.1. The van der Waals surface area contributed by atoms with E-state index in [9.17, 15) is 24.5 Å². The Balaban J connectivity index is 2.30. The second-order valence-electron chi connectivity index (χ2n) is 5.54. The van der Waals surface area contributed by atoms with Crippen LogP contribution in [0.15, 0.2) is 42.6 Å². The first-order valence-electron chi connectivity index (χ1n) is 7.86. The molecule has 0 radical (unpaired) electrons. The van der Waals surface area contributed by atoms with Crippen LogP contribution in [-0.4, -0.2) is 46.5 Å². The zero-order valence-electron chi connectivity index (χ0n) is 14.7. The molecule has 0 atom stereocenters. The van der Waals surface area contributed by atoms with Gasteiger partial charge in [0.1, 0.15) is 16.8 Å². The minimum Gasteiger partial charge on any atom is -0.465 e. The van der Waals surface area contributed by atoms with Crippen LogP contribution in [0.4, 0.5) is 5.69 Å². The molecule has 0 fully saturated rings. The Hall–Kier alpha value is -4.08. The van der Waals surface area contributed by atoms with Gasteiger partial charge in [-0.05, 0) is 24.3 Å². The largest absolute Gasteiger partial charge is 0.465 e. The summed E-state index contributed by atoms with van der Waals surface area (Å²) in [7, 11) is 2.25. The van der Waals surface area contributed by atoms with Crippen LogP contribution in [0, 0.1) is 10.1 Å². The number of nitro groups is 1. The summed E-state index contributed by atoms with van der Waals surface area (Å²) in [6, 6.07) is 7.86. The molecule has 0 bridgehead atoms. The van der Waals surface area contributed by atoms with Gasteiger partial charge < -0.3 is 9.47 Å². The lowest BCUT2D eigenvalue weighted by Gasteiger charge is -2.05. The van der Waals surface area contributed by atoms with E-state index in [0.29, 0.717) is 0 Å². The Morgan fingerprint density at radius 1 is 1.00 bits per heavy atom. The molecule has 0 aliphatic heterocycles. The topological polar surface area (TPSA) is 130 Å². The van der Waals surface area contributed by atoms with Crippen molar-refractivity contribution in [1.82, 2.24) is 9.61 Å². The molecule has 0 N–H and O–H groups in total. The highest BCUT2D eigenvalue weighted by Gasteiger charge is 2.33. The van der Waals surface area contributed by atoms with Crippen LogP contribution in [0.1, 0.15) is 36.8 Å². The molecule has 10 nitrogen and oxygen atoms in total. The maximum atomic E-state index is 13.1. The van der Waals surface area contributed by atoms with Crippen molar-refractivity contribution in [1.29, 1.82) is 0 Å². The number of ketones is 1. The molecule has 10 heteroatoms. The summed E-state index contributed by atoms with van der Waals surface area (Å²) in [5, 5.41) is 14.9. The maximum Gasteiger partial charge on any atom is 0.341 e. The number of ether oxygens (including phenoxy) is 2. The molecule has 3 aromatic rings. The highest BCUT2D eigenvalue weighted by atomic mass is 16.6. The van der Waals surface area contributed by atoms with Gasteiger partial charge in [-0.2, -0.15) is 5.10 Å². The van der Waals surface area contributed by atoms with Crippen molar-refractivity contribution in [3.05, 3.63) is 75.1 Å². The average molecular weight is 383 g/mol. The Bertz CT molecular complexity index is 1120. The molecule has 2 aromatic heterocycles. The lowest BCUT2D eigenvalue weighted by molar-refractivity contribution is -0.384. The van der Waals surface area contributed by atoms with Gasteiger partial charge in [-0.3, -0.25) is 14.9 Å². The number of methoxy groups -OCH3 is 2. The predicted molar refractivity (Wildman–Crippen MR) is 94.4 cm³/mol.